The van der Waals surface area contributed by atoms with Gasteiger partial charge in [0.25, 0.3) is 11.8 Å². The summed E-state index contributed by atoms with van der Waals surface area (Å²) in [6, 6.07) is 16.6. The smallest absolute Gasteiger partial charge is 0.266 e. The van der Waals surface area contributed by atoms with Crippen LogP contribution in [0.25, 0.3) is 0 Å². The molecular formula is C26H18ClFN4O4. The number of benzene rings is 3. The third kappa shape index (κ3) is 4.80. The number of carbonyl (C=O) groups is 3. The molecule has 1 heterocycles. The molecule has 8 nitrogen and oxygen atoms in total. The number of carbonyl (C=O) groups excluding carboxylic acids is 3. The normalized spacial score (nSPS) is 13.4. The summed E-state index contributed by atoms with van der Waals surface area (Å²) in [4.78, 5) is 43.5. The number of rotatable bonds is 7. The van der Waals surface area contributed by atoms with Crippen molar-refractivity contribution < 1.29 is 23.5 Å². The molecule has 36 heavy (non-hydrogen) atoms. The molecule has 0 saturated heterocycles. The lowest BCUT2D eigenvalue weighted by Gasteiger charge is -2.18. The van der Waals surface area contributed by atoms with Gasteiger partial charge in [-0.25, -0.2) is 9.29 Å². The third-order valence-corrected chi connectivity index (χ3v) is 5.55. The minimum Gasteiger partial charge on any atom is -0.492 e. The number of aliphatic imine (C=N–C) groups is 1. The molecule has 180 valence electrons. The van der Waals surface area contributed by atoms with Crippen LogP contribution in [-0.4, -0.2) is 30.5 Å². The fourth-order valence-corrected chi connectivity index (χ4v) is 3.74. The molecule has 1 N–H and O–H groups in total. The second kappa shape index (κ2) is 10.4. The Morgan fingerprint density at radius 2 is 1.86 bits per heavy atom. The molecule has 0 aliphatic carbocycles. The third-order valence-electron chi connectivity index (χ3n) is 5.26. The number of hydrogen-bond acceptors (Lipinski definition) is 6. The van der Waals surface area contributed by atoms with Gasteiger partial charge in [-0.05, 0) is 49.4 Å². The summed E-state index contributed by atoms with van der Waals surface area (Å²) in [5, 5.41) is 11.7. The van der Waals surface area contributed by atoms with Crippen LogP contribution in [0.4, 0.5) is 21.5 Å². The second-order valence-corrected chi connectivity index (χ2v) is 7.99. The fourth-order valence-electron chi connectivity index (χ4n) is 3.56. The maximum atomic E-state index is 13.3. The van der Waals surface area contributed by atoms with Gasteiger partial charge in [-0.2, -0.15) is 5.26 Å². The molecule has 4 rings (SSSR count). The van der Waals surface area contributed by atoms with E-state index in [0.717, 1.165) is 17.2 Å². The van der Waals surface area contributed by atoms with E-state index in [4.69, 9.17) is 16.3 Å². The quantitative estimate of drug-likeness (QED) is 0.353. The Balaban J connectivity index is 1.56. The Hall–Kier alpha value is -4.55. The molecule has 0 bridgehead atoms. The predicted octanol–water partition coefficient (Wildman–Crippen LogP) is 5.16. The molecule has 1 aliphatic heterocycles. The molecule has 1 unspecified atom stereocenters. The highest BCUT2D eigenvalue weighted by Crippen LogP contribution is 2.37. The van der Waals surface area contributed by atoms with Crippen LogP contribution < -0.4 is 15.0 Å². The molecule has 10 heteroatoms. The summed E-state index contributed by atoms with van der Waals surface area (Å²) in [6.07, 6.45) is 1.15. The van der Waals surface area contributed by atoms with Crippen LogP contribution in [0, 0.1) is 23.1 Å². The van der Waals surface area contributed by atoms with Crippen molar-refractivity contribution in [2.24, 2.45) is 10.9 Å². The average Bonchev–Trinajstić information content (AvgIpc) is 3.12. The van der Waals surface area contributed by atoms with Gasteiger partial charge in [0.15, 0.2) is 5.92 Å². The van der Waals surface area contributed by atoms with Gasteiger partial charge >= 0.3 is 0 Å². The number of hydrogen-bond donors (Lipinski definition) is 1. The van der Waals surface area contributed by atoms with Crippen LogP contribution in [-0.2, 0) is 4.79 Å². The van der Waals surface area contributed by atoms with Crippen molar-refractivity contribution in [3.63, 3.8) is 0 Å². The van der Waals surface area contributed by atoms with Crippen molar-refractivity contribution >= 4 is 52.6 Å². The maximum absolute atomic E-state index is 13.3. The second-order valence-electron chi connectivity index (χ2n) is 7.58. The molecule has 1 aliphatic rings. The Kier molecular flexibility index (Phi) is 7.08. The Morgan fingerprint density at radius 1 is 1.17 bits per heavy atom. The van der Waals surface area contributed by atoms with Crippen molar-refractivity contribution in [3.8, 4) is 11.8 Å². The lowest BCUT2D eigenvalue weighted by molar-refractivity contribution is -0.116. The molecule has 0 saturated carbocycles. The number of ether oxygens (including phenoxy) is 1. The van der Waals surface area contributed by atoms with Gasteiger partial charge in [0.2, 0.25) is 5.91 Å². The number of amides is 3. The first-order valence-corrected chi connectivity index (χ1v) is 11.2. The Morgan fingerprint density at radius 3 is 2.47 bits per heavy atom. The van der Waals surface area contributed by atoms with Crippen LogP contribution >= 0.6 is 11.6 Å². The standard InChI is InChI=1S/C26H18ClFN4O4/c1-2-36-23-12-16(8-10-22(23)32-25(34)18-5-3-4-6-19(18)26(32)35)30-14-15(13-29)24(33)31-17-7-9-21(28)20(27)11-17/h3-12,14-15H,2H2,1H3,(H,31,33). The van der Waals surface area contributed by atoms with E-state index < -0.39 is 29.5 Å². The first kappa shape index (κ1) is 24.6. The van der Waals surface area contributed by atoms with Crippen molar-refractivity contribution in [1.29, 1.82) is 5.26 Å². The van der Waals surface area contributed by atoms with Crippen molar-refractivity contribution in [1.82, 2.24) is 0 Å². The lowest BCUT2D eigenvalue weighted by Crippen LogP contribution is -2.29. The van der Waals surface area contributed by atoms with Crippen LogP contribution in [0.3, 0.4) is 0 Å². The van der Waals surface area contributed by atoms with E-state index in [0.29, 0.717) is 16.8 Å². The number of nitrogens with zero attached hydrogens (tertiary/aromatic N) is 3. The number of nitrogens with one attached hydrogen (secondary N) is 1. The molecule has 3 amide bonds. The maximum Gasteiger partial charge on any atom is 0.266 e. The predicted molar refractivity (Wildman–Crippen MR) is 132 cm³/mol. The van der Waals surface area contributed by atoms with Gasteiger partial charge < -0.3 is 10.1 Å². The van der Waals surface area contributed by atoms with Gasteiger partial charge in [-0.3, -0.25) is 19.4 Å². The average molecular weight is 505 g/mol. The topological polar surface area (TPSA) is 112 Å². The van der Waals surface area contributed by atoms with Crippen molar-refractivity contribution in [2.45, 2.75) is 6.92 Å². The minimum atomic E-state index is -1.26. The minimum absolute atomic E-state index is 0.170. The zero-order valence-electron chi connectivity index (χ0n) is 18.9. The highest BCUT2D eigenvalue weighted by molar-refractivity contribution is 6.35. The SMILES string of the molecule is CCOc1cc(N=CC(C#N)C(=O)Nc2ccc(F)c(Cl)c2)ccc1N1C(=O)c2ccccc2C1=O. The van der Waals surface area contributed by atoms with Crippen molar-refractivity contribution in [2.75, 3.05) is 16.8 Å². The summed E-state index contributed by atoms with van der Waals surface area (Å²) >= 11 is 5.72. The molecule has 3 aromatic rings. The van der Waals surface area contributed by atoms with Gasteiger partial charge in [0, 0.05) is 18.0 Å². The van der Waals surface area contributed by atoms with Crippen LogP contribution in [0.5, 0.6) is 5.75 Å². The molecule has 0 radical (unpaired) electrons. The number of fused-ring (bicyclic) bond motifs is 1. The van der Waals surface area contributed by atoms with E-state index in [1.165, 1.54) is 30.3 Å². The Bertz CT molecular complexity index is 1420. The van der Waals surface area contributed by atoms with Crippen LogP contribution in [0.15, 0.2) is 65.7 Å². The molecule has 0 spiro atoms. The highest BCUT2D eigenvalue weighted by atomic mass is 35.5. The van der Waals surface area contributed by atoms with Gasteiger partial charge in [0.1, 0.15) is 11.6 Å². The lowest BCUT2D eigenvalue weighted by atomic mass is 10.1. The molecule has 0 aromatic heterocycles. The summed E-state index contributed by atoms with van der Waals surface area (Å²) in [6.45, 7) is 2.01. The molecular weight excluding hydrogens is 487 g/mol. The monoisotopic (exact) mass is 504 g/mol. The van der Waals surface area contributed by atoms with Gasteiger partial charge in [-0.15, -0.1) is 0 Å². The van der Waals surface area contributed by atoms with Crippen LogP contribution in [0.2, 0.25) is 5.02 Å². The van der Waals surface area contributed by atoms with Crippen molar-refractivity contribution in [3.05, 3.63) is 82.6 Å². The van der Waals surface area contributed by atoms with E-state index in [2.05, 4.69) is 10.3 Å². The van der Waals surface area contributed by atoms with E-state index >= 15 is 0 Å². The molecule has 1 atom stereocenters. The van der Waals surface area contributed by atoms with Gasteiger partial charge in [-0.1, -0.05) is 23.7 Å². The number of anilines is 2. The van der Waals surface area contributed by atoms with Gasteiger partial charge in [0.05, 0.1) is 40.2 Å². The Labute approximate surface area is 210 Å². The summed E-state index contributed by atoms with van der Waals surface area (Å²) in [5.41, 5.74) is 1.42. The summed E-state index contributed by atoms with van der Waals surface area (Å²) in [5.74, 6) is -3.27. The first-order valence-electron chi connectivity index (χ1n) is 10.8. The number of nitriles is 1. The molecule has 3 aromatic carbocycles. The fraction of sp³-hybridized carbons (Fsp3) is 0.115. The first-order chi connectivity index (χ1) is 17.3. The number of halogens is 2. The van der Waals surface area contributed by atoms with E-state index in [1.807, 2.05) is 6.07 Å². The van der Waals surface area contributed by atoms with E-state index in [9.17, 15) is 24.0 Å². The highest BCUT2D eigenvalue weighted by Gasteiger charge is 2.37. The van der Waals surface area contributed by atoms with E-state index in [-0.39, 0.29) is 28.8 Å². The summed E-state index contributed by atoms with van der Waals surface area (Å²) in [7, 11) is 0. The van der Waals surface area contributed by atoms with E-state index in [1.54, 1.807) is 31.2 Å². The summed E-state index contributed by atoms with van der Waals surface area (Å²) < 4.78 is 19.0. The molecule has 0 fully saturated rings. The van der Waals surface area contributed by atoms with Crippen LogP contribution in [0.1, 0.15) is 27.6 Å². The zero-order chi connectivity index (χ0) is 25.8. The largest absolute Gasteiger partial charge is 0.492 e. The zero-order valence-corrected chi connectivity index (χ0v) is 19.6. The number of imide groups is 1.